The van der Waals surface area contributed by atoms with Crippen molar-refractivity contribution in [2.75, 3.05) is 32.2 Å². The Morgan fingerprint density at radius 2 is 1.59 bits per heavy atom. The van der Waals surface area contributed by atoms with Crippen LogP contribution in [0.4, 0.5) is 0 Å². The van der Waals surface area contributed by atoms with Gasteiger partial charge in [-0.15, -0.1) is 12.4 Å². The van der Waals surface area contributed by atoms with Crippen molar-refractivity contribution in [3.63, 3.8) is 0 Å². The first kappa shape index (κ1) is 31.1. The monoisotopic (exact) mass is 546 g/mol. The lowest BCUT2D eigenvalue weighted by Gasteiger charge is -2.27. The van der Waals surface area contributed by atoms with Gasteiger partial charge in [0, 0.05) is 42.0 Å². The van der Waals surface area contributed by atoms with Gasteiger partial charge in [0.2, 0.25) is 5.89 Å². The van der Waals surface area contributed by atoms with Gasteiger partial charge in [-0.3, -0.25) is 0 Å². The van der Waals surface area contributed by atoms with Crippen molar-refractivity contribution in [3.05, 3.63) is 65.0 Å². The number of hydrogen-bond acceptors (Lipinski definition) is 6. The SMILES string of the molecule is CSCCN(C)Cc1ccc(OCCc2coc(-c3cc(C(C)(C)C)c(O)c(C(C)(C)C)c3)n2)cc1.Cl. The largest absolute Gasteiger partial charge is 0.507 e. The Hall–Kier alpha value is -2.15. The Bertz CT molecular complexity index is 1100. The van der Waals surface area contributed by atoms with Crippen molar-refractivity contribution in [3.8, 4) is 23.0 Å². The maximum atomic E-state index is 11.0. The summed E-state index contributed by atoms with van der Waals surface area (Å²) in [5.74, 6) is 2.92. The number of hydrogen-bond donors (Lipinski definition) is 1. The van der Waals surface area contributed by atoms with Crippen LogP contribution in [0.2, 0.25) is 0 Å². The number of phenolic OH excluding ortho intramolecular Hbond substituents is 1. The highest BCUT2D eigenvalue weighted by Gasteiger charge is 2.27. The molecule has 0 saturated carbocycles. The molecule has 0 saturated heterocycles. The summed E-state index contributed by atoms with van der Waals surface area (Å²) in [4.78, 5) is 7.05. The predicted octanol–water partition coefficient (Wildman–Crippen LogP) is 7.48. The Labute approximate surface area is 233 Å². The Kier molecular flexibility index (Phi) is 11.0. The van der Waals surface area contributed by atoms with Crippen LogP contribution in [0.15, 0.2) is 47.1 Å². The number of phenols is 1. The number of ether oxygens (including phenoxy) is 1. The van der Waals surface area contributed by atoms with Gasteiger partial charge in [-0.25, -0.2) is 4.98 Å². The summed E-state index contributed by atoms with van der Waals surface area (Å²) in [5.41, 5.74) is 4.39. The molecule has 5 nitrogen and oxygen atoms in total. The van der Waals surface area contributed by atoms with Gasteiger partial charge >= 0.3 is 0 Å². The molecule has 37 heavy (non-hydrogen) atoms. The fourth-order valence-corrected chi connectivity index (χ4v) is 4.55. The fraction of sp³-hybridized carbons (Fsp3) is 0.500. The van der Waals surface area contributed by atoms with Crippen LogP contribution in [0.3, 0.4) is 0 Å². The highest BCUT2D eigenvalue weighted by molar-refractivity contribution is 7.98. The van der Waals surface area contributed by atoms with Gasteiger partial charge in [-0.2, -0.15) is 11.8 Å². The van der Waals surface area contributed by atoms with Gasteiger partial charge in [0.25, 0.3) is 0 Å². The van der Waals surface area contributed by atoms with E-state index >= 15 is 0 Å². The minimum absolute atomic E-state index is 0. The second-order valence-electron chi connectivity index (χ2n) is 11.5. The Balaban J connectivity index is 0.00000481. The molecule has 0 amide bonds. The van der Waals surface area contributed by atoms with E-state index in [0.29, 0.717) is 24.7 Å². The minimum Gasteiger partial charge on any atom is -0.507 e. The number of aromatic nitrogens is 1. The number of halogens is 1. The molecule has 0 radical (unpaired) electrons. The normalized spacial score (nSPS) is 12.0. The van der Waals surface area contributed by atoms with E-state index in [-0.39, 0.29) is 23.2 Å². The molecule has 2 aromatic carbocycles. The molecule has 0 bridgehead atoms. The lowest BCUT2D eigenvalue weighted by atomic mass is 9.78. The molecule has 0 atom stereocenters. The van der Waals surface area contributed by atoms with Gasteiger partial charge < -0.3 is 19.2 Å². The smallest absolute Gasteiger partial charge is 0.226 e. The minimum atomic E-state index is -0.205. The molecule has 3 rings (SSSR count). The molecule has 204 valence electrons. The molecular weight excluding hydrogens is 504 g/mol. The molecule has 0 aliphatic carbocycles. The molecule has 0 aliphatic rings. The van der Waals surface area contributed by atoms with E-state index in [9.17, 15) is 5.11 Å². The van der Waals surface area contributed by atoms with Gasteiger partial charge in [-0.05, 0) is 54.0 Å². The quantitative estimate of drug-likeness (QED) is 0.284. The average molecular weight is 547 g/mol. The lowest BCUT2D eigenvalue weighted by molar-refractivity contribution is 0.319. The van der Waals surface area contributed by atoms with Crippen LogP contribution in [-0.2, 0) is 23.8 Å². The Morgan fingerprint density at radius 1 is 1.00 bits per heavy atom. The molecule has 1 heterocycles. The number of rotatable bonds is 10. The first-order valence-corrected chi connectivity index (χ1v) is 14.0. The standard InChI is InChI=1S/C30H42N2O3S.ClH/c1-29(2,3)25-17-22(18-26(27(25)33)30(4,5)6)28-31-23(20-35-28)13-15-34-24-11-9-21(10-12-24)19-32(7)14-16-36-8;/h9-12,17-18,20,33H,13-16,19H2,1-8H3;1H. The van der Waals surface area contributed by atoms with E-state index in [1.165, 1.54) is 5.56 Å². The summed E-state index contributed by atoms with van der Waals surface area (Å²) in [5, 5.41) is 11.0. The van der Waals surface area contributed by atoms with E-state index in [0.717, 1.165) is 47.0 Å². The highest BCUT2D eigenvalue weighted by atomic mass is 35.5. The number of nitrogens with zero attached hydrogens (tertiary/aromatic N) is 2. The van der Waals surface area contributed by atoms with Crippen molar-refractivity contribution >= 4 is 24.2 Å². The van der Waals surface area contributed by atoms with Crippen LogP contribution in [0.25, 0.3) is 11.5 Å². The maximum Gasteiger partial charge on any atom is 0.226 e. The molecule has 0 aliphatic heterocycles. The van der Waals surface area contributed by atoms with E-state index in [4.69, 9.17) is 14.1 Å². The van der Waals surface area contributed by atoms with Gasteiger partial charge in [0.05, 0.1) is 12.3 Å². The summed E-state index contributed by atoms with van der Waals surface area (Å²) < 4.78 is 11.8. The van der Waals surface area contributed by atoms with Gasteiger partial charge in [0.1, 0.15) is 17.8 Å². The van der Waals surface area contributed by atoms with Crippen molar-refractivity contribution in [1.82, 2.24) is 9.88 Å². The third-order valence-electron chi connectivity index (χ3n) is 6.20. The van der Waals surface area contributed by atoms with E-state index in [1.54, 1.807) is 6.26 Å². The summed E-state index contributed by atoms with van der Waals surface area (Å²) in [6, 6.07) is 12.3. The van der Waals surface area contributed by atoms with Crippen LogP contribution in [-0.4, -0.2) is 47.2 Å². The van der Waals surface area contributed by atoms with Gasteiger partial charge in [0.15, 0.2) is 0 Å². The van der Waals surface area contributed by atoms with Crippen LogP contribution in [0.1, 0.15) is 63.9 Å². The molecule has 3 aromatic rings. The molecule has 0 spiro atoms. The molecule has 1 N–H and O–H groups in total. The van der Waals surface area contributed by atoms with Crippen LogP contribution < -0.4 is 4.74 Å². The van der Waals surface area contributed by atoms with Crippen LogP contribution >= 0.6 is 24.2 Å². The third-order valence-corrected chi connectivity index (χ3v) is 6.80. The summed E-state index contributed by atoms with van der Waals surface area (Å²) in [6.07, 6.45) is 4.49. The average Bonchev–Trinajstić information content (AvgIpc) is 3.26. The summed E-state index contributed by atoms with van der Waals surface area (Å²) in [6.45, 7) is 15.2. The van der Waals surface area contributed by atoms with E-state index in [2.05, 4.69) is 71.9 Å². The number of oxazole rings is 1. The Morgan fingerprint density at radius 3 is 2.14 bits per heavy atom. The van der Waals surface area contributed by atoms with E-state index in [1.807, 2.05) is 36.0 Å². The second-order valence-corrected chi connectivity index (χ2v) is 12.5. The van der Waals surface area contributed by atoms with Crippen LogP contribution in [0.5, 0.6) is 11.5 Å². The van der Waals surface area contributed by atoms with Crippen molar-refractivity contribution in [1.29, 1.82) is 0 Å². The first-order valence-electron chi connectivity index (χ1n) is 12.6. The molecule has 7 heteroatoms. The van der Waals surface area contributed by atoms with Crippen molar-refractivity contribution in [2.24, 2.45) is 0 Å². The van der Waals surface area contributed by atoms with Crippen LogP contribution in [0, 0.1) is 0 Å². The zero-order valence-corrected chi connectivity index (χ0v) is 25.2. The lowest BCUT2D eigenvalue weighted by Crippen LogP contribution is -2.20. The van der Waals surface area contributed by atoms with Crippen molar-refractivity contribution in [2.45, 2.75) is 65.3 Å². The molecule has 1 aromatic heterocycles. The summed E-state index contributed by atoms with van der Waals surface area (Å²) >= 11 is 1.87. The number of aromatic hydroxyl groups is 1. The second kappa shape index (κ2) is 13.1. The summed E-state index contributed by atoms with van der Waals surface area (Å²) in [7, 11) is 2.15. The van der Waals surface area contributed by atoms with Gasteiger partial charge in [-0.1, -0.05) is 53.7 Å². The number of benzene rings is 2. The maximum absolute atomic E-state index is 11.0. The zero-order valence-electron chi connectivity index (χ0n) is 23.6. The molecule has 0 unspecified atom stereocenters. The third kappa shape index (κ3) is 8.69. The predicted molar refractivity (Wildman–Crippen MR) is 159 cm³/mol. The number of thioether (sulfide) groups is 1. The highest BCUT2D eigenvalue weighted by Crippen LogP contribution is 2.41. The molecular formula is C30H43ClN2O3S. The molecule has 0 fully saturated rings. The fourth-order valence-electron chi connectivity index (χ4n) is 4.06. The zero-order chi connectivity index (χ0) is 26.5. The first-order chi connectivity index (χ1) is 16.9. The van der Waals surface area contributed by atoms with Crippen molar-refractivity contribution < 1.29 is 14.3 Å². The topological polar surface area (TPSA) is 58.7 Å². The van der Waals surface area contributed by atoms with E-state index < -0.39 is 0 Å².